The molecular weight excluding hydrogens is 216 g/mol. The number of hydrogen-bond donors (Lipinski definition) is 1. The van der Waals surface area contributed by atoms with Crippen LogP contribution in [0.1, 0.15) is 17.5 Å². The average molecular weight is 236 g/mol. The number of nitrogens with zero attached hydrogens (tertiary/aromatic N) is 1. The number of nitrogens with two attached hydrogens (primary N) is 1. The van der Waals surface area contributed by atoms with Gasteiger partial charge in [0.1, 0.15) is 5.75 Å². The number of methoxy groups -OCH3 is 1. The highest BCUT2D eigenvalue weighted by Crippen LogP contribution is 2.28. The molecule has 0 unspecified atom stereocenters. The fourth-order valence-electron chi connectivity index (χ4n) is 1.78. The van der Waals surface area contributed by atoms with Crippen LogP contribution in [0.2, 0.25) is 0 Å². The molecule has 0 heterocycles. The Morgan fingerprint density at radius 2 is 2.00 bits per heavy atom. The molecule has 0 radical (unpaired) electrons. The summed E-state index contributed by atoms with van der Waals surface area (Å²) in [4.78, 5) is 13.4. The van der Waals surface area contributed by atoms with Crippen molar-refractivity contribution in [2.45, 2.75) is 20.3 Å². The Morgan fingerprint density at radius 1 is 1.35 bits per heavy atom. The zero-order chi connectivity index (χ0) is 13.0. The number of anilines is 1. The molecule has 17 heavy (non-hydrogen) atoms. The molecule has 94 valence electrons. The molecule has 0 saturated carbocycles. The summed E-state index contributed by atoms with van der Waals surface area (Å²) < 4.78 is 5.25. The van der Waals surface area contributed by atoms with Crippen LogP contribution in [0.4, 0.5) is 5.69 Å². The molecule has 1 aromatic carbocycles. The molecule has 1 aromatic rings. The van der Waals surface area contributed by atoms with E-state index in [1.165, 1.54) is 0 Å². The fourth-order valence-corrected chi connectivity index (χ4v) is 1.78. The van der Waals surface area contributed by atoms with Gasteiger partial charge in [-0.25, -0.2) is 0 Å². The minimum absolute atomic E-state index is 0.0279. The second-order valence-electron chi connectivity index (χ2n) is 4.10. The highest BCUT2D eigenvalue weighted by Gasteiger charge is 2.14. The molecule has 0 aliphatic heterocycles. The summed E-state index contributed by atoms with van der Waals surface area (Å²) >= 11 is 0. The van der Waals surface area contributed by atoms with Crippen LogP contribution in [0.15, 0.2) is 12.1 Å². The van der Waals surface area contributed by atoms with Crippen LogP contribution in [0, 0.1) is 13.8 Å². The van der Waals surface area contributed by atoms with Crippen LogP contribution in [-0.4, -0.2) is 26.6 Å². The zero-order valence-corrected chi connectivity index (χ0v) is 10.9. The topological polar surface area (TPSA) is 55.6 Å². The van der Waals surface area contributed by atoms with E-state index in [0.29, 0.717) is 13.0 Å². The molecule has 0 atom stereocenters. The highest BCUT2D eigenvalue weighted by molar-refractivity contribution is 5.93. The first-order chi connectivity index (χ1) is 8.01. The third kappa shape index (κ3) is 2.97. The van der Waals surface area contributed by atoms with Crippen molar-refractivity contribution >= 4 is 11.6 Å². The van der Waals surface area contributed by atoms with Gasteiger partial charge in [0.25, 0.3) is 0 Å². The summed E-state index contributed by atoms with van der Waals surface area (Å²) in [7, 11) is 3.41. The molecule has 4 nitrogen and oxygen atoms in total. The lowest BCUT2D eigenvalue weighted by atomic mass is 10.1. The van der Waals surface area contributed by atoms with E-state index in [4.69, 9.17) is 10.5 Å². The molecule has 4 heteroatoms. The predicted octanol–water partition coefficient (Wildman–Crippen LogP) is 1.62. The number of carbonyl (C=O) groups is 1. The van der Waals surface area contributed by atoms with Gasteiger partial charge in [0, 0.05) is 25.7 Å². The number of ether oxygens (including phenoxy) is 1. The maximum atomic E-state index is 11.8. The van der Waals surface area contributed by atoms with E-state index < -0.39 is 0 Å². The molecular formula is C13H20N2O2. The van der Waals surface area contributed by atoms with Crippen molar-refractivity contribution in [3.63, 3.8) is 0 Å². The SMILES string of the molecule is COc1cc(C)c(N(C)C(=O)CCN)cc1C. The highest BCUT2D eigenvalue weighted by atomic mass is 16.5. The molecule has 0 aliphatic carbocycles. The van der Waals surface area contributed by atoms with Crippen LogP contribution >= 0.6 is 0 Å². The van der Waals surface area contributed by atoms with Crippen molar-refractivity contribution in [2.75, 3.05) is 25.6 Å². The number of rotatable bonds is 4. The summed E-state index contributed by atoms with van der Waals surface area (Å²) in [6, 6.07) is 3.90. The van der Waals surface area contributed by atoms with Gasteiger partial charge in [-0.05, 0) is 37.1 Å². The average Bonchev–Trinajstić information content (AvgIpc) is 2.31. The van der Waals surface area contributed by atoms with Gasteiger partial charge in [-0.1, -0.05) is 0 Å². The van der Waals surface area contributed by atoms with Crippen LogP contribution < -0.4 is 15.4 Å². The van der Waals surface area contributed by atoms with Crippen molar-refractivity contribution in [2.24, 2.45) is 5.73 Å². The number of benzene rings is 1. The molecule has 2 N–H and O–H groups in total. The maximum absolute atomic E-state index is 11.8. The summed E-state index contributed by atoms with van der Waals surface area (Å²) in [6.45, 7) is 4.30. The van der Waals surface area contributed by atoms with Gasteiger partial charge in [0.05, 0.1) is 7.11 Å². The van der Waals surface area contributed by atoms with Gasteiger partial charge >= 0.3 is 0 Å². The molecule has 0 aromatic heterocycles. The van der Waals surface area contributed by atoms with Gasteiger partial charge < -0.3 is 15.4 Å². The smallest absolute Gasteiger partial charge is 0.227 e. The third-order valence-electron chi connectivity index (χ3n) is 2.81. The Labute approximate surface area is 102 Å². The summed E-state index contributed by atoms with van der Waals surface area (Å²) in [5.74, 6) is 0.867. The Hall–Kier alpha value is -1.55. The standard InChI is InChI=1S/C13H20N2O2/c1-9-8-12(17-4)10(2)7-11(9)15(3)13(16)5-6-14/h7-8H,5-6,14H2,1-4H3. The number of hydrogen-bond acceptors (Lipinski definition) is 3. The fraction of sp³-hybridized carbons (Fsp3) is 0.462. The first kappa shape index (κ1) is 13.5. The molecule has 0 saturated heterocycles. The first-order valence-corrected chi connectivity index (χ1v) is 5.63. The minimum atomic E-state index is 0.0279. The summed E-state index contributed by atoms with van der Waals surface area (Å²) in [6.07, 6.45) is 0.362. The minimum Gasteiger partial charge on any atom is -0.496 e. The van der Waals surface area contributed by atoms with E-state index in [9.17, 15) is 4.79 Å². The molecule has 0 fully saturated rings. The quantitative estimate of drug-likeness (QED) is 0.864. The van der Waals surface area contributed by atoms with Crippen molar-refractivity contribution < 1.29 is 9.53 Å². The first-order valence-electron chi connectivity index (χ1n) is 5.63. The second kappa shape index (κ2) is 5.68. The Morgan fingerprint density at radius 3 is 2.53 bits per heavy atom. The van der Waals surface area contributed by atoms with Crippen molar-refractivity contribution in [1.82, 2.24) is 0 Å². The number of aryl methyl sites for hydroxylation is 2. The lowest BCUT2D eigenvalue weighted by Gasteiger charge is -2.21. The number of carbonyl (C=O) groups excluding carboxylic acids is 1. The van der Waals surface area contributed by atoms with Crippen LogP contribution in [0.5, 0.6) is 5.75 Å². The monoisotopic (exact) mass is 236 g/mol. The zero-order valence-electron chi connectivity index (χ0n) is 10.9. The van der Waals surface area contributed by atoms with Gasteiger partial charge in [0.2, 0.25) is 5.91 Å². The van der Waals surface area contributed by atoms with E-state index in [0.717, 1.165) is 22.6 Å². The van der Waals surface area contributed by atoms with Crippen molar-refractivity contribution in [3.8, 4) is 5.75 Å². The van der Waals surface area contributed by atoms with E-state index >= 15 is 0 Å². The molecule has 0 bridgehead atoms. The van der Waals surface area contributed by atoms with Gasteiger partial charge in [-0.3, -0.25) is 4.79 Å². The van der Waals surface area contributed by atoms with E-state index in [-0.39, 0.29) is 5.91 Å². The van der Waals surface area contributed by atoms with E-state index in [2.05, 4.69) is 0 Å². The maximum Gasteiger partial charge on any atom is 0.227 e. The van der Waals surface area contributed by atoms with Crippen LogP contribution in [0.3, 0.4) is 0 Å². The van der Waals surface area contributed by atoms with E-state index in [1.807, 2.05) is 26.0 Å². The van der Waals surface area contributed by atoms with Crippen molar-refractivity contribution in [1.29, 1.82) is 0 Å². The largest absolute Gasteiger partial charge is 0.496 e. The molecule has 0 spiro atoms. The number of amides is 1. The Kier molecular flexibility index (Phi) is 4.52. The van der Waals surface area contributed by atoms with Gasteiger partial charge in [0.15, 0.2) is 0 Å². The molecule has 0 aliphatic rings. The van der Waals surface area contributed by atoms with E-state index in [1.54, 1.807) is 19.1 Å². The Bertz CT molecular complexity index is 416. The van der Waals surface area contributed by atoms with Crippen molar-refractivity contribution in [3.05, 3.63) is 23.3 Å². The Balaban J connectivity index is 3.06. The lowest BCUT2D eigenvalue weighted by molar-refractivity contribution is -0.118. The molecule has 1 amide bonds. The summed E-state index contributed by atoms with van der Waals surface area (Å²) in [5, 5.41) is 0. The van der Waals surface area contributed by atoms with Crippen LogP contribution in [-0.2, 0) is 4.79 Å². The van der Waals surface area contributed by atoms with Gasteiger partial charge in [-0.15, -0.1) is 0 Å². The lowest BCUT2D eigenvalue weighted by Crippen LogP contribution is -2.28. The van der Waals surface area contributed by atoms with Crippen LogP contribution in [0.25, 0.3) is 0 Å². The normalized spacial score (nSPS) is 10.2. The van der Waals surface area contributed by atoms with Gasteiger partial charge in [-0.2, -0.15) is 0 Å². The molecule has 1 rings (SSSR count). The predicted molar refractivity (Wildman–Crippen MR) is 69.5 cm³/mol. The second-order valence-corrected chi connectivity index (χ2v) is 4.10. The summed E-state index contributed by atoms with van der Waals surface area (Å²) in [5.41, 5.74) is 8.32. The third-order valence-corrected chi connectivity index (χ3v) is 2.81.